The minimum atomic E-state index is -0.0327. The molecular formula is C17H22N4OS. The molecule has 1 saturated carbocycles. The summed E-state index contributed by atoms with van der Waals surface area (Å²) in [5, 5.41) is 3.87. The van der Waals surface area contributed by atoms with Crippen LogP contribution in [0.15, 0.2) is 24.4 Å². The molecule has 1 N–H and O–H groups in total. The highest BCUT2D eigenvalue weighted by molar-refractivity contribution is 7.17. The molecule has 2 aromatic heterocycles. The largest absolute Gasteiger partial charge is 0.350 e. The van der Waals surface area contributed by atoms with E-state index in [4.69, 9.17) is 0 Å². The molecule has 3 rings (SSSR count). The second kappa shape index (κ2) is 6.76. The SMILES string of the molecule is Cc1nc(-c2ccccn2)sc1C(=O)NC[C@@H](C1CC1)N(C)C. The zero-order valence-electron chi connectivity index (χ0n) is 13.7. The topological polar surface area (TPSA) is 58.1 Å². The summed E-state index contributed by atoms with van der Waals surface area (Å²) in [6, 6.07) is 6.13. The van der Waals surface area contributed by atoms with Gasteiger partial charge in [0.15, 0.2) is 0 Å². The van der Waals surface area contributed by atoms with Gasteiger partial charge < -0.3 is 10.2 Å². The van der Waals surface area contributed by atoms with E-state index in [9.17, 15) is 4.79 Å². The fourth-order valence-electron chi connectivity index (χ4n) is 2.74. The number of rotatable bonds is 6. The first-order valence-electron chi connectivity index (χ1n) is 7.89. The molecule has 23 heavy (non-hydrogen) atoms. The van der Waals surface area contributed by atoms with Crippen molar-refractivity contribution < 1.29 is 4.79 Å². The van der Waals surface area contributed by atoms with Crippen molar-refractivity contribution in [2.24, 2.45) is 5.92 Å². The molecular weight excluding hydrogens is 308 g/mol. The minimum absolute atomic E-state index is 0.0327. The zero-order chi connectivity index (χ0) is 16.4. The van der Waals surface area contributed by atoms with Crippen molar-refractivity contribution in [2.45, 2.75) is 25.8 Å². The number of likely N-dealkylation sites (N-methyl/N-ethyl adjacent to an activating group) is 1. The molecule has 1 amide bonds. The lowest BCUT2D eigenvalue weighted by molar-refractivity contribution is 0.0942. The third kappa shape index (κ3) is 3.76. The number of pyridine rings is 1. The number of aryl methyl sites for hydroxylation is 1. The van der Waals surface area contributed by atoms with Gasteiger partial charge in [-0.15, -0.1) is 11.3 Å². The van der Waals surface area contributed by atoms with Crippen LogP contribution < -0.4 is 5.32 Å². The summed E-state index contributed by atoms with van der Waals surface area (Å²) >= 11 is 1.41. The first-order chi connectivity index (χ1) is 11.1. The molecule has 5 nitrogen and oxygen atoms in total. The summed E-state index contributed by atoms with van der Waals surface area (Å²) in [6.45, 7) is 2.56. The lowest BCUT2D eigenvalue weighted by Crippen LogP contribution is -2.41. The highest BCUT2D eigenvalue weighted by atomic mass is 32.1. The standard InChI is InChI=1S/C17H22N4OS/c1-11-15(23-17(20-11)13-6-4-5-9-18-13)16(22)19-10-14(21(2)3)12-7-8-12/h4-6,9,12,14H,7-8,10H2,1-3H3,(H,19,22)/t14-/m0/s1. The van der Waals surface area contributed by atoms with Gasteiger partial charge >= 0.3 is 0 Å². The average Bonchev–Trinajstić information content (AvgIpc) is 3.29. The van der Waals surface area contributed by atoms with Gasteiger partial charge in [0.1, 0.15) is 9.88 Å². The van der Waals surface area contributed by atoms with E-state index in [-0.39, 0.29) is 5.91 Å². The number of hydrogen-bond acceptors (Lipinski definition) is 5. The van der Waals surface area contributed by atoms with Crippen LogP contribution in [0.5, 0.6) is 0 Å². The molecule has 0 saturated heterocycles. The fraction of sp³-hybridized carbons (Fsp3) is 0.471. The van der Waals surface area contributed by atoms with Crippen molar-refractivity contribution in [1.82, 2.24) is 20.2 Å². The molecule has 0 aromatic carbocycles. The Balaban J connectivity index is 1.69. The first-order valence-corrected chi connectivity index (χ1v) is 8.71. The van der Waals surface area contributed by atoms with E-state index < -0.39 is 0 Å². The minimum Gasteiger partial charge on any atom is -0.350 e. The normalized spacial score (nSPS) is 15.7. The number of nitrogens with one attached hydrogen (secondary N) is 1. The van der Waals surface area contributed by atoms with Gasteiger partial charge in [0, 0.05) is 18.8 Å². The van der Waals surface area contributed by atoms with E-state index in [1.165, 1.54) is 24.2 Å². The summed E-state index contributed by atoms with van der Waals surface area (Å²) in [5.74, 6) is 0.687. The summed E-state index contributed by atoms with van der Waals surface area (Å²) < 4.78 is 0. The van der Waals surface area contributed by atoms with Gasteiger partial charge in [-0.1, -0.05) is 6.07 Å². The van der Waals surface area contributed by atoms with Crippen molar-refractivity contribution >= 4 is 17.2 Å². The Morgan fingerprint density at radius 2 is 2.22 bits per heavy atom. The molecule has 2 aromatic rings. The van der Waals surface area contributed by atoms with Crippen LogP contribution in [0.1, 0.15) is 28.2 Å². The average molecular weight is 330 g/mol. The van der Waals surface area contributed by atoms with Crippen LogP contribution in [0.2, 0.25) is 0 Å². The first kappa shape index (κ1) is 16.1. The quantitative estimate of drug-likeness (QED) is 0.884. The Labute approximate surface area is 140 Å². The van der Waals surface area contributed by atoms with Gasteiger partial charge in [0.05, 0.1) is 11.4 Å². The van der Waals surface area contributed by atoms with Crippen molar-refractivity contribution in [3.63, 3.8) is 0 Å². The molecule has 0 aliphatic heterocycles. The molecule has 0 spiro atoms. The molecule has 6 heteroatoms. The molecule has 122 valence electrons. The smallest absolute Gasteiger partial charge is 0.263 e. The molecule has 0 unspecified atom stereocenters. The van der Waals surface area contributed by atoms with Crippen molar-refractivity contribution in [1.29, 1.82) is 0 Å². The maximum absolute atomic E-state index is 12.5. The van der Waals surface area contributed by atoms with Crippen LogP contribution in [-0.4, -0.2) is 47.5 Å². The van der Waals surface area contributed by atoms with Crippen molar-refractivity contribution in [2.75, 3.05) is 20.6 Å². The summed E-state index contributed by atoms with van der Waals surface area (Å²) in [4.78, 5) is 24.2. The predicted molar refractivity (Wildman–Crippen MR) is 92.6 cm³/mol. The Kier molecular flexibility index (Phi) is 4.73. The number of carbonyl (C=O) groups excluding carboxylic acids is 1. The van der Waals surface area contributed by atoms with Crippen LogP contribution in [-0.2, 0) is 0 Å². The summed E-state index contributed by atoms with van der Waals surface area (Å²) in [7, 11) is 4.15. The zero-order valence-corrected chi connectivity index (χ0v) is 14.6. The van der Waals surface area contributed by atoms with E-state index in [1.54, 1.807) is 6.20 Å². The lowest BCUT2D eigenvalue weighted by Gasteiger charge is -2.24. The van der Waals surface area contributed by atoms with Gasteiger partial charge in [-0.2, -0.15) is 0 Å². The Morgan fingerprint density at radius 1 is 1.43 bits per heavy atom. The molecule has 1 aliphatic rings. The molecule has 1 fully saturated rings. The highest BCUT2D eigenvalue weighted by Crippen LogP contribution is 2.34. The fourth-order valence-corrected chi connectivity index (χ4v) is 3.69. The second-order valence-corrected chi connectivity index (χ2v) is 7.23. The summed E-state index contributed by atoms with van der Waals surface area (Å²) in [5.41, 5.74) is 1.57. The van der Waals surface area contributed by atoms with Gasteiger partial charge in [-0.3, -0.25) is 9.78 Å². The lowest BCUT2D eigenvalue weighted by atomic mass is 10.1. The molecule has 1 atom stereocenters. The predicted octanol–water partition coefficient (Wildman–Crippen LogP) is 2.58. The van der Waals surface area contributed by atoms with Crippen molar-refractivity contribution in [3.8, 4) is 10.7 Å². The molecule has 2 heterocycles. The van der Waals surface area contributed by atoms with Crippen LogP contribution in [0.3, 0.4) is 0 Å². The number of thiazole rings is 1. The van der Waals surface area contributed by atoms with Crippen LogP contribution in [0, 0.1) is 12.8 Å². The van der Waals surface area contributed by atoms with E-state index >= 15 is 0 Å². The molecule has 1 aliphatic carbocycles. The number of amides is 1. The van der Waals surface area contributed by atoms with E-state index in [0.29, 0.717) is 17.5 Å². The van der Waals surface area contributed by atoms with Gasteiger partial charge in [0.25, 0.3) is 5.91 Å². The molecule has 0 radical (unpaired) electrons. The molecule has 0 bridgehead atoms. The van der Waals surface area contributed by atoms with Gasteiger partial charge in [0.2, 0.25) is 0 Å². The Bertz CT molecular complexity index is 677. The number of aromatic nitrogens is 2. The third-order valence-electron chi connectivity index (χ3n) is 4.19. The van der Waals surface area contributed by atoms with Crippen molar-refractivity contribution in [3.05, 3.63) is 35.0 Å². The Morgan fingerprint density at radius 3 is 2.83 bits per heavy atom. The van der Waals surface area contributed by atoms with Gasteiger partial charge in [-0.05, 0) is 51.9 Å². The van der Waals surface area contributed by atoms with Gasteiger partial charge in [-0.25, -0.2) is 4.98 Å². The van der Waals surface area contributed by atoms with E-state index in [1.807, 2.05) is 25.1 Å². The van der Waals surface area contributed by atoms with Crippen LogP contribution in [0.25, 0.3) is 10.7 Å². The number of nitrogens with zero attached hydrogens (tertiary/aromatic N) is 3. The Hall–Kier alpha value is -1.79. The van der Waals surface area contributed by atoms with Crippen LogP contribution >= 0.6 is 11.3 Å². The summed E-state index contributed by atoms with van der Waals surface area (Å²) in [6.07, 6.45) is 4.27. The third-order valence-corrected chi connectivity index (χ3v) is 5.37. The monoisotopic (exact) mass is 330 g/mol. The van der Waals surface area contributed by atoms with E-state index in [0.717, 1.165) is 22.3 Å². The maximum atomic E-state index is 12.5. The second-order valence-electron chi connectivity index (χ2n) is 6.23. The van der Waals surface area contributed by atoms with Crippen LogP contribution in [0.4, 0.5) is 0 Å². The maximum Gasteiger partial charge on any atom is 0.263 e. The van der Waals surface area contributed by atoms with E-state index in [2.05, 4.69) is 34.3 Å². The highest BCUT2D eigenvalue weighted by Gasteiger charge is 2.32. The number of carbonyl (C=O) groups is 1. The number of hydrogen-bond donors (Lipinski definition) is 1.